The van der Waals surface area contributed by atoms with E-state index in [9.17, 15) is 14.9 Å². The molecule has 0 amide bonds. The Morgan fingerprint density at radius 1 is 1.47 bits per heavy atom. The first kappa shape index (κ1) is 13.5. The van der Waals surface area contributed by atoms with Crippen molar-refractivity contribution in [3.8, 4) is 0 Å². The lowest BCUT2D eigenvalue weighted by atomic mass is 9.92. The number of benzene rings is 1. The number of hydrogen-bond acceptors (Lipinski definition) is 4. The highest BCUT2D eigenvalue weighted by molar-refractivity contribution is 5.67. The smallest absolute Gasteiger partial charge is 0.303 e. The molecule has 1 fully saturated rings. The first-order valence-corrected chi connectivity index (χ1v) is 6.17. The molecule has 1 atom stereocenters. The Labute approximate surface area is 110 Å². The Kier molecular flexibility index (Phi) is 3.80. The van der Waals surface area contributed by atoms with Crippen LogP contribution in [-0.2, 0) is 4.79 Å². The van der Waals surface area contributed by atoms with Gasteiger partial charge >= 0.3 is 5.97 Å². The van der Waals surface area contributed by atoms with Crippen molar-refractivity contribution in [3.05, 3.63) is 39.9 Å². The average molecular weight is 264 g/mol. The molecule has 0 radical (unpaired) electrons. The van der Waals surface area contributed by atoms with Crippen LogP contribution in [0.1, 0.15) is 24.9 Å². The molecule has 6 heteroatoms. The number of carboxylic acid groups (broad SMARTS) is 1. The van der Waals surface area contributed by atoms with Gasteiger partial charge in [0.2, 0.25) is 0 Å². The molecule has 1 N–H and O–H groups in total. The van der Waals surface area contributed by atoms with Crippen LogP contribution in [0.3, 0.4) is 0 Å². The third kappa shape index (κ3) is 3.08. The highest BCUT2D eigenvalue weighted by Crippen LogP contribution is 2.30. The van der Waals surface area contributed by atoms with Crippen LogP contribution in [0.2, 0.25) is 0 Å². The number of nitrogens with zero attached hydrogens (tertiary/aromatic N) is 2. The lowest BCUT2D eigenvalue weighted by Crippen LogP contribution is -2.48. The van der Waals surface area contributed by atoms with E-state index in [1.807, 2.05) is 6.92 Å². The van der Waals surface area contributed by atoms with E-state index in [2.05, 4.69) is 4.90 Å². The predicted octanol–water partition coefficient (Wildman–Crippen LogP) is 2.06. The fraction of sp³-hybridized carbons (Fsp3) is 0.462. The molecule has 6 nitrogen and oxygen atoms in total. The fourth-order valence-electron chi connectivity index (χ4n) is 2.39. The minimum absolute atomic E-state index is 0.0864. The van der Waals surface area contributed by atoms with E-state index in [0.717, 1.165) is 18.7 Å². The summed E-state index contributed by atoms with van der Waals surface area (Å²) < 4.78 is 0. The Morgan fingerprint density at radius 2 is 2.05 bits per heavy atom. The van der Waals surface area contributed by atoms with Crippen LogP contribution in [0, 0.1) is 16.0 Å². The molecule has 0 aromatic heterocycles. The van der Waals surface area contributed by atoms with Gasteiger partial charge in [-0.3, -0.25) is 19.8 Å². The molecule has 0 spiro atoms. The van der Waals surface area contributed by atoms with E-state index in [1.165, 1.54) is 12.1 Å². The average Bonchev–Trinajstić information content (AvgIpc) is 2.32. The number of nitro benzene ring substituents is 1. The Balaban J connectivity index is 1.92. The predicted molar refractivity (Wildman–Crippen MR) is 68.8 cm³/mol. The summed E-state index contributed by atoms with van der Waals surface area (Å²) in [6, 6.07) is 6.67. The third-order valence-corrected chi connectivity index (χ3v) is 3.58. The number of likely N-dealkylation sites (tertiary alicyclic amines) is 1. The second-order valence-corrected chi connectivity index (χ2v) is 4.94. The minimum Gasteiger partial charge on any atom is -0.481 e. The zero-order valence-corrected chi connectivity index (χ0v) is 10.7. The Bertz CT molecular complexity index is 480. The number of non-ortho nitro benzene ring substituents is 1. The summed E-state index contributed by atoms with van der Waals surface area (Å²) in [4.78, 5) is 22.9. The number of carboxylic acids is 1. The first-order chi connectivity index (χ1) is 8.97. The molecule has 2 rings (SSSR count). The van der Waals surface area contributed by atoms with Crippen molar-refractivity contribution in [1.82, 2.24) is 4.90 Å². The Hall–Kier alpha value is -1.95. The van der Waals surface area contributed by atoms with Crippen LogP contribution < -0.4 is 0 Å². The summed E-state index contributed by atoms with van der Waals surface area (Å²) in [7, 11) is 0. The molecule has 0 aliphatic carbocycles. The van der Waals surface area contributed by atoms with E-state index in [4.69, 9.17) is 5.11 Å². The van der Waals surface area contributed by atoms with Crippen molar-refractivity contribution < 1.29 is 14.8 Å². The topological polar surface area (TPSA) is 83.7 Å². The van der Waals surface area contributed by atoms with Gasteiger partial charge in [-0.05, 0) is 18.4 Å². The van der Waals surface area contributed by atoms with E-state index in [0.29, 0.717) is 0 Å². The number of aliphatic carboxylic acids is 1. The zero-order chi connectivity index (χ0) is 14.0. The molecule has 19 heavy (non-hydrogen) atoms. The van der Waals surface area contributed by atoms with Gasteiger partial charge in [0.25, 0.3) is 5.69 Å². The molecule has 1 aromatic carbocycles. The standard InChI is InChI=1S/C13H16N2O4/c1-9(14-7-10(8-14)6-13(16)17)11-2-4-12(5-3-11)15(18)19/h2-5,9-10H,6-8H2,1H3,(H,16,17). The van der Waals surface area contributed by atoms with Gasteiger partial charge in [0.15, 0.2) is 0 Å². The quantitative estimate of drug-likeness (QED) is 0.650. The van der Waals surface area contributed by atoms with Crippen molar-refractivity contribution in [2.45, 2.75) is 19.4 Å². The maximum absolute atomic E-state index is 10.6. The molecule has 1 aromatic rings. The van der Waals surface area contributed by atoms with Crippen molar-refractivity contribution >= 4 is 11.7 Å². The molecule has 1 unspecified atom stereocenters. The van der Waals surface area contributed by atoms with Gasteiger partial charge in [0, 0.05) is 31.3 Å². The highest BCUT2D eigenvalue weighted by Gasteiger charge is 2.32. The van der Waals surface area contributed by atoms with Crippen LogP contribution in [-0.4, -0.2) is 34.0 Å². The molecule has 1 aliphatic rings. The van der Waals surface area contributed by atoms with Gasteiger partial charge in [-0.15, -0.1) is 0 Å². The largest absolute Gasteiger partial charge is 0.481 e. The van der Waals surface area contributed by atoms with E-state index < -0.39 is 10.9 Å². The summed E-state index contributed by atoms with van der Waals surface area (Å²) in [6.07, 6.45) is 0.212. The molecular formula is C13H16N2O4. The van der Waals surface area contributed by atoms with Gasteiger partial charge in [0.1, 0.15) is 0 Å². The SMILES string of the molecule is CC(c1ccc([N+](=O)[O-])cc1)N1CC(CC(=O)O)C1. The monoisotopic (exact) mass is 264 g/mol. The molecular weight excluding hydrogens is 248 g/mol. The summed E-state index contributed by atoms with van der Waals surface area (Å²) in [6.45, 7) is 3.56. The first-order valence-electron chi connectivity index (χ1n) is 6.17. The minimum atomic E-state index is -0.757. The number of carbonyl (C=O) groups is 1. The maximum atomic E-state index is 10.6. The second kappa shape index (κ2) is 5.36. The van der Waals surface area contributed by atoms with Crippen LogP contribution in [0.5, 0.6) is 0 Å². The second-order valence-electron chi connectivity index (χ2n) is 4.94. The summed E-state index contributed by atoms with van der Waals surface area (Å²) in [5.74, 6) is -0.536. The van der Waals surface area contributed by atoms with Gasteiger partial charge in [0.05, 0.1) is 11.3 Å². The van der Waals surface area contributed by atoms with Crippen LogP contribution in [0.25, 0.3) is 0 Å². The van der Waals surface area contributed by atoms with E-state index in [1.54, 1.807) is 12.1 Å². The summed E-state index contributed by atoms with van der Waals surface area (Å²) >= 11 is 0. The van der Waals surface area contributed by atoms with Crippen LogP contribution in [0.15, 0.2) is 24.3 Å². The molecule has 0 saturated carbocycles. The van der Waals surface area contributed by atoms with E-state index >= 15 is 0 Å². The third-order valence-electron chi connectivity index (χ3n) is 3.58. The molecule has 0 bridgehead atoms. The van der Waals surface area contributed by atoms with Gasteiger partial charge < -0.3 is 5.11 Å². The lowest BCUT2D eigenvalue weighted by Gasteiger charge is -2.42. The van der Waals surface area contributed by atoms with Crippen LogP contribution >= 0.6 is 0 Å². The maximum Gasteiger partial charge on any atom is 0.303 e. The molecule has 102 valence electrons. The Morgan fingerprint density at radius 3 is 2.53 bits per heavy atom. The van der Waals surface area contributed by atoms with Gasteiger partial charge in [-0.2, -0.15) is 0 Å². The number of hydrogen-bond donors (Lipinski definition) is 1. The van der Waals surface area contributed by atoms with Crippen molar-refractivity contribution in [1.29, 1.82) is 0 Å². The van der Waals surface area contributed by atoms with Gasteiger partial charge in [-0.1, -0.05) is 12.1 Å². The van der Waals surface area contributed by atoms with Gasteiger partial charge in [-0.25, -0.2) is 0 Å². The molecule has 1 aliphatic heterocycles. The normalized spacial score (nSPS) is 17.7. The summed E-state index contributed by atoms with van der Waals surface area (Å²) in [5.41, 5.74) is 1.10. The van der Waals surface area contributed by atoms with Crippen molar-refractivity contribution in [3.63, 3.8) is 0 Å². The zero-order valence-electron chi connectivity index (χ0n) is 10.7. The highest BCUT2D eigenvalue weighted by atomic mass is 16.6. The number of nitro groups is 1. The van der Waals surface area contributed by atoms with Crippen molar-refractivity contribution in [2.24, 2.45) is 5.92 Å². The van der Waals surface area contributed by atoms with Crippen LogP contribution in [0.4, 0.5) is 5.69 Å². The lowest BCUT2D eigenvalue weighted by molar-refractivity contribution is -0.384. The fourth-order valence-corrected chi connectivity index (χ4v) is 2.39. The van der Waals surface area contributed by atoms with Crippen molar-refractivity contribution in [2.75, 3.05) is 13.1 Å². The molecule has 1 heterocycles. The molecule has 1 saturated heterocycles. The number of rotatable bonds is 5. The summed E-state index contributed by atoms with van der Waals surface area (Å²) in [5, 5.41) is 19.3. The van der Waals surface area contributed by atoms with E-state index in [-0.39, 0.29) is 24.1 Å².